The maximum atomic E-state index is 4.63. The van der Waals surface area contributed by atoms with Crippen molar-refractivity contribution < 1.29 is 0 Å². The highest BCUT2D eigenvalue weighted by molar-refractivity contribution is 7.09. The minimum absolute atomic E-state index is 0.573. The zero-order valence-corrected chi connectivity index (χ0v) is 13.0. The number of rotatable bonds is 6. The van der Waals surface area contributed by atoms with Gasteiger partial charge in [0.15, 0.2) is 5.96 Å². The zero-order chi connectivity index (χ0) is 14.9. The van der Waals surface area contributed by atoms with E-state index < -0.39 is 0 Å². The molecule has 0 aliphatic heterocycles. The van der Waals surface area contributed by atoms with Gasteiger partial charge in [0.25, 0.3) is 0 Å². The third kappa shape index (κ3) is 4.72. The number of nitrogens with zero attached hydrogens (tertiary/aromatic N) is 2. The van der Waals surface area contributed by atoms with Crippen molar-refractivity contribution in [1.82, 2.24) is 15.6 Å². The molecule has 2 N–H and O–H groups in total. The lowest BCUT2D eigenvalue weighted by Gasteiger charge is -2.08. The summed E-state index contributed by atoms with van der Waals surface area (Å²) in [5, 5.41) is 9.45. The molecule has 21 heavy (non-hydrogen) atoms. The third-order valence-electron chi connectivity index (χ3n) is 2.75. The summed E-state index contributed by atoms with van der Waals surface area (Å²) in [5.41, 5.74) is 2.15. The van der Waals surface area contributed by atoms with Crippen LogP contribution in [-0.2, 0) is 6.54 Å². The summed E-state index contributed by atoms with van der Waals surface area (Å²) < 4.78 is 0. The van der Waals surface area contributed by atoms with E-state index in [1.165, 1.54) is 0 Å². The molecular formula is C16H20N4S. The van der Waals surface area contributed by atoms with Crippen molar-refractivity contribution in [1.29, 1.82) is 0 Å². The number of thiazole rings is 1. The second kappa shape index (κ2) is 8.21. The molecule has 0 bridgehead atoms. The molecule has 0 aliphatic carbocycles. The number of hydrogen-bond acceptors (Lipinski definition) is 3. The summed E-state index contributed by atoms with van der Waals surface area (Å²) in [5.74, 6) is 0.786. The summed E-state index contributed by atoms with van der Waals surface area (Å²) >= 11 is 1.63. The number of guanidine groups is 1. The highest BCUT2D eigenvalue weighted by atomic mass is 32.1. The second-order valence-electron chi connectivity index (χ2n) is 4.36. The predicted molar refractivity (Wildman–Crippen MR) is 90.6 cm³/mol. The van der Waals surface area contributed by atoms with Crippen molar-refractivity contribution in [2.24, 2.45) is 4.99 Å². The van der Waals surface area contributed by atoms with Gasteiger partial charge in [-0.15, -0.1) is 17.9 Å². The van der Waals surface area contributed by atoms with E-state index in [1.807, 2.05) is 31.2 Å². The summed E-state index contributed by atoms with van der Waals surface area (Å²) in [6.07, 6.45) is 1.81. The Bertz CT molecular complexity index is 589. The van der Waals surface area contributed by atoms with Crippen LogP contribution in [0.15, 0.2) is 53.4 Å². The number of aromatic nitrogens is 1. The first kappa shape index (κ1) is 15.3. The van der Waals surface area contributed by atoms with Crippen LogP contribution in [0, 0.1) is 0 Å². The van der Waals surface area contributed by atoms with Gasteiger partial charge in [-0.3, -0.25) is 0 Å². The van der Waals surface area contributed by atoms with Crippen LogP contribution in [0.4, 0.5) is 0 Å². The van der Waals surface area contributed by atoms with E-state index in [0.29, 0.717) is 13.1 Å². The molecule has 0 saturated heterocycles. The highest BCUT2D eigenvalue weighted by Gasteiger charge is 2.04. The second-order valence-corrected chi connectivity index (χ2v) is 5.30. The van der Waals surface area contributed by atoms with Gasteiger partial charge in [-0.25, -0.2) is 9.98 Å². The lowest BCUT2D eigenvalue weighted by molar-refractivity contribution is 0.858. The van der Waals surface area contributed by atoms with Gasteiger partial charge in [-0.2, -0.15) is 0 Å². The highest BCUT2D eigenvalue weighted by Crippen LogP contribution is 2.21. The fraction of sp³-hybridized carbons (Fsp3) is 0.250. The van der Waals surface area contributed by atoms with Crippen molar-refractivity contribution in [2.75, 3.05) is 13.1 Å². The van der Waals surface area contributed by atoms with Crippen molar-refractivity contribution in [3.8, 4) is 11.3 Å². The molecule has 2 rings (SSSR count). The van der Waals surface area contributed by atoms with Gasteiger partial charge in [0.2, 0.25) is 0 Å². The number of nitrogens with one attached hydrogen (secondary N) is 2. The molecule has 1 aromatic carbocycles. The first-order valence-electron chi connectivity index (χ1n) is 6.96. The lowest BCUT2D eigenvalue weighted by Crippen LogP contribution is -2.37. The van der Waals surface area contributed by atoms with Crippen molar-refractivity contribution in [3.63, 3.8) is 0 Å². The SMILES string of the molecule is C=CCNC(=NCc1nc(-c2ccccc2)cs1)NCC. The quantitative estimate of drug-likeness (QED) is 0.490. The van der Waals surface area contributed by atoms with Gasteiger partial charge >= 0.3 is 0 Å². The Balaban J connectivity index is 2.02. The van der Waals surface area contributed by atoms with E-state index in [-0.39, 0.29) is 0 Å². The van der Waals surface area contributed by atoms with E-state index in [0.717, 1.165) is 28.8 Å². The molecule has 5 heteroatoms. The molecule has 4 nitrogen and oxygen atoms in total. The Morgan fingerprint density at radius 2 is 2.14 bits per heavy atom. The largest absolute Gasteiger partial charge is 0.357 e. The smallest absolute Gasteiger partial charge is 0.191 e. The minimum Gasteiger partial charge on any atom is -0.357 e. The molecule has 110 valence electrons. The first-order chi connectivity index (χ1) is 10.3. The van der Waals surface area contributed by atoms with Crippen LogP contribution in [0.2, 0.25) is 0 Å². The summed E-state index contributed by atoms with van der Waals surface area (Å²) in [6, 6.07) is 10.2. The Morgan fingerprint density at radius 3 is 2.86 bits per heavy atom. The monoisotopic (exact) mass is 300 g/mol. The molecular weight excluding hydrogens is 280 g/mol. The van der Waals surface area contributed by atoms with E-state index in [9.17, 15) is 0 Å². The molecule has 0 radical (unpaired) electrons. The maximum absolute atomic E-state index is 4.63. The van der Waals surface area contributed by atoms with Gasteiger partial charge in [-0.1, -0.05) is 36.4 Å². The fourth-order valence-electron chi connectivity index (χ4n) is 1.78. The summed E-state index contributed by atoms with van der Waals surface area (Å²) in [4.78, 5) is 9.15. The van der Waals surface area contributed by atoms with Crippen LogP contribution >= 0.6 is 11.3 Å². The van der Waals surface area contributed by atoms with E-state index >= 15 is 0 Å². The van der Waals surface area contributed by atoms with Crippen molar-refractivity contribution >= 4 is 17.3 Å². The molecule has 0 aliphatic rings. The maximum Gasteiger partial charge on any atom is 0.191 e. The lowest BCUT2D eigenvalue weighted by atomic mass is 10.2. The number of aliphatic imine (C=N–C) groups is 1. The van der Waals surface area contributed by atoms with Gasteiger partial charge in [0, 0.05) is 24.0 Å². The topological polar surface area (TPSA) is 49.3 Å². The first-order valence-corrected chi connectivity index (χ1v) is 7.84. The summed E-state index contributed by atoms with van der Waals surface area (Å²) in [7, 11) is 0. The Labute approximate surface area is 129 Å². The molecule has 0 amide bonds. The average Bonchev–Trinajstić information content (AvgIpc) is 3.00. The Hall–Kier alpha value is -2.14. The molecule has 1 aromatic heterocycles. The van der Waals surface area contributed by atoms with E-state index in [1.54, 1.807) is 11.3 Å². The average molecular weight is 300 g/mol. The van der Waals surface area contributed by atoms with Crippen LogP contribution in [0.1, 0.15) is 11.9 Å². The van der Waals surface area contributed by atoms with E-state index in [2.05, 4.69) is 44.7 Å². The molecule has 0 fully saturated rings. The summed E-state index contributed by atoms with van der Waals surface area (Å²) in [6.45, 7) is 7.83. The van der Waals surface area contributed by atoms with Crippen LogP contribution in [0.5, 0.6) is 0 Å². The molecule has 0 unspecified atom stereocenters. The Morgan fingerprint density at radius 1 is 1.33 bits per heavy atom. The van der Waals surface area contributed by atoms with Crippen LogP contribution in [0.25, 0.3) is 11.3 Å². The zero-order valence-electron chi connectivity index (χ0n) is 12.2. The molecule has 0 saturated carbocycles. The van der Waals surface area contributed by atoms with Crippen molar-refractivity contribution in [2.45, 2.75) is 13.5 Å². The fourth-order valence-corrected chi connectivity index (χ4v) is 2.51. The van der Waals surface area contributed by atoms with Crippen LogP contribution in [-0.4, -0.2) is 24.0 Å². The van der Waals surface area contributed by atoms with Crippen molar-refractivity contribution in [3.05, 3.63) is 53.4 Å². The third-order valence-corrected chi connectivity index (χ3v) is 3.59. The number of hydrogen-bond donors (Lipinski definition) is 2. The minimum atomic E-state index is 0.573. The molecule has 0 atom stereocenters. The van der Waals surface area contributed by atoms with Gasteiger partial charge in [-0.05, 0) is 6.92 Å². The predicted octanol–water partition coefficient (Wildman–Crippen LogP) is 3.05. The van der Waals surface area contributed by atoms with E-state index in [4.69, 9.17) is 0 Å². The van der Waals surface area contributed by atoms with Crippen LogP contribution < -0.4 is 10.6 Å². The number of benzene rings is 1. The van der Waals surface area contributed by atoms with Gasteiger partial charge in [0.05, 0.1) is 12.2 Å². The van der Waals surface area contributed by atoms with Crippen LogP contribution in [0.3, 0.4) is 0 Å². The molecule has 1 heterocycles. The standard InChI is InChI=1S/C16H20N4S/c1-3-10-18-16(17-4-2)19-11-15-20-14(12-21-15)13-8-6-5-7-9-13/h3,5-9,12H,1,4,10-11H2,2H3,(H2,17,18,19). The Kier molecular flexibility index (Phi) is 5.97. The molecule has 0 spiro atoms. The van der Waals surface area contributed by atoms with Gasteiger partial charge < -0.3 is 10.6 Å². The molecule has 2 aromatic rings. The normalized spacial score (nSPS) is 11.2. The van der Waals surface area contributed by atoms with Gasteiger partial charge in [0.1, 0.15) is 5.01 Å².